The molecule has 1 aliphatic heterocycles. The molecule has 2 rings (SSSR count). The van der Waals surface area contributed by atoms with Crippen LogP contribution in [0, 0.1) is 0 Å². The lowest BCUT2D eigenvalue weighted by molar-refractivity contribution is -0.119. The van der Waals surface area contributed by atoms with Gasteiger partial charge in [-0.2, -0.15) is 0 Å². The summed E-state index contributed by atoms with van der Waals surface area (Å²) in [7, 11) is 0. The Morgan fingerprint density at radius 1 is 1.42 bits per heavy atom. The molecule has 1 saturated heterocycles. The summed E-state index contributed by atoms with van der Waals surface area (Å²) >= 11 is 4.84. The normalized spacial score (nSPS) is 16.2. The maximum atomic E-state index is 11.0. The standard InChI is InChI=1S/C12H17N5OS/c1-8(18)16-9-2-4-17(5-3-9)11-7-14-10(6-15-11)12(13)19/h6-7,9H,2-5H2,1H3,(H2,13,19)(H,16,18). The summed E-state index contributed by atoms with van der Waals surface area (Å²) in [4.78, 5) is 21.9. The zero-order valence-electron chi connectivity index (χ0n) is 10.8. The van der Waals surface area contributed by atoms with Crippen molar-refractivity contribution in [2.75, 3.05) is 18.0 Å². The minimum Gasteiger partial charge on any atom is -0.388 e. The number of hydrogen-bond donors (Lipinski definition) is 2. The molecule has 0 aromatic carbocycles. The summed E-state index contributed by atoms with van der Waals surface area (Å²) in [5.74, 6) is 0.848. The van der Waals surface area contributed by atoms with Gasteiger partial charge in [-0.3, -0.25) is 4.79 Å². The Labute approximate surface area is 117 Å². The third-order valence-electron chi connectivity index (χ3n) is 3.12. The fourth-order valence-electron chi connectivity index (χ4n) is 2.15. The fraction of sp³-hybridized carbons (Fsp3) is 0.500. The second-order valence-corrected chi connectivity index (χ2v) is 5.03. The highest BCUT2D eigenvalue weighted by Crippen LogP contribution is 2.17. The quantitative estimate of drug-likeness (QED) is 0.770. The van der Waals surface area contributed by atoms with Crippen molar-refractivity contribution in [2.24, 2.45) is 5.73 Å². The largest absolute Gasteiger partial charge is 0.388 e. The van der Waals surface area contributed by atoms with Crippen LogP contribution in [0.4, 0.5) is 5.82 Å². The number of aromatic nitrogens is 2. The van der Waals surface area contributed by atoms with Crippen molar-refractivity contribution in [3.63, 3.8) is 0 Å². The first-order valence-corrected chi connectivity index (χ1v) is 6.61. The number of rotatable bonds is 3. The molecule has 0 unspecified atom stereocenters. The molecule has 0 radical (unpaired) electrons. The summed E-state index contributed by atoms with van der Waals surface area (Å²) in [6.07, 6.45) is 5.11. The zero-order valence-corrected chi connectivity index (χ0v) is 11.6. The zero-order chi connectivity index (χ0) is 13.8. The molecule has 1 aromatic heterocycles. The minimum atomic E-state index is 0.0269. The molecule has 102 valence electrons. The van der Waals surface area contributed by atoms with Gasteiger partial charge in [0, 0.05) is 26.1 Å². The van der Waals surface area contributed by atoms with E-state index in [-0.39, 0.29) is 16.9 Å². The second-order valence-electron chi connectivity index (χ2n) is 4.59. The highest BCUT2D eigenvalue weighted by atomic mass is 32.1. The Morgan fingerprint density at radius 2 is 2.11 bits per heavy atom. The SMILES string of the molecule is CC(=O)NC1CCN(c2cnc(C(N)=S)cn2)CC1. The van der Waals surface area contributed by atoms with E-state index in [9.17, 15) is 4.79 Å². The Bertz CT molecular complexity index is 468. The van der Waals surface area contributed by atoms with E-state index in [0.717, 1.165) is 31.7 Å². The predicted molar refractivity (Wildman–Crippen MR) is 77.0 cm³/mol. The van der Waals surface area contributed by atoms with Crippen molar-refractivity contribution < 1.29 is 4.79 Å². The van der Waals surface area contributed by atoms with Gasteiger partial charge in [0.2, 0.25) is 5.91 Å². The number of nitrogens with two attached hydrogens (primary N) is 1. The van der Waals surface area contributed by atoms with Crippen LogP contribution < -0.4 is 16.0 Å². The number of hydrogen-bond acceptors (Lipinski definition) is 5. The summed E-state index contributed by atoms with van der Waals surface area (Å²) in [5, 5.41) is 2.94. The van der Waals surface area contributed by atoms with Crippen molar-refractivity contribution >= 4 is 28.9 Å². The minimum absolute atomic E-state index is 0.0269. The Balaban J connectivity index is 1.94. The van der Waals surface area contributed by atoms with Gasteiger partial charge in [-0.05, 0) is 12.8 Å². The summed E-state index contributed by atoms with van der Waals surface area (Å²) in [6.45, 7) is 3.25. The number of carbonyl (C=O) groups is 1. The van der Waals surface area contributed by atoms with Crippen LogP contribution in [-0.2, 0) is 4.79 Å². The lowest BCUT2D eigenvalue weighted by atomic mass is 10.1. The van der Waals surface area contributed by atoms with Gasteiger partial charge in [0.15, 0.2) is 0 Å². The molecule has 1 aromatic rings. The molecular weight excluding hydrogens is 262 g/mol. The maximum Gasteiger partial charge on any atom is 0.217 e. The lowest BCUT2D eigenvalue weighted by Crippen LogP contribution is -2.44. The van der Waals surface area contributed by atoms with Crippen LogP contribution in [0.3, 0.4) is 0 Å². The van der Waals surface area contributed by atoms with Gasteiger partial charge in [0.05, 0.1) is 12.4 Å². The lowest BCUT2D eigenvalue weighted by Gasteiger charge is -2.32. The molecule has 1 amide bonds. The van der Waals surface area contributed by atoms with Gasteiger partial charge < -0.3 is 16.0 Å². The highest BCUT2D eigenvalue weighted by molar-refractivity contribution is 7.80. The molecule has 6 nitrogen and oxygen atoms in total. The molecule has 1 aliphatic rings. The second kappa shape index (κ2) is 5.92. The summed E-state index contributed by atoms with van der Waals surface area (Å²) < 4.78 is 0. The molecule has 0 saturated carbocycles. The van der Waals surface area contributed by atoms with E-state index in [1.165, 1.54) is 0 Å². The van der Waals surface area contributed by atoms with Crippen molar-refractivity contribution in [3.8, 4) is 0 Å². The topological polar surface area (TPSA) is 84.1 Å². The summed E-state index contributed by atoms with van der Waals surface area (Å²) in [5.41, 5.74) is 6.02. The van der Waals surface area contributed by atoms with Crippen LogP contribution in [0.2, 0.25) is 0 Å². The van der Waals surface area contributed by atoms with Gasteiger partial charge in [-0.25, -0.2) is 9.97 Å². The molecule has 0 bridgehead atoms. The van der Waals surface area contributed by atoms with Crippen LogP contribution in [0.25, 0.3) is 0 Å². The average Bonchev–Trinajstić information content (AvgIpc) is 2.39. The number of nitrogens with zero attached hydrogens (tertiary/aromatic N) is 3. The first-order chi connectivity index (χ1) is 9.06. The van der Waals surface area contributed by atoms with Crippen molar-refractivity contribution in [1.29, 1.82) is 0 Å². The molecule has 3 N–H and O–H groups in total. The number of anilines is 1. The van der Waals surface area contributed by atoms with E-state index >= 15 is 0 Å². The first kappa shape index (κ1) is 13.7. The van der Waals surface area contributed by atoms with Gasteiger partial charge in [0.1, 0.15) is 16.5 Å². The number of nitrogens with one attached hydrogen (secondary N) is 1. The van der Waals surface area contributed by atoms with E-state index in [1.54, 1.807) is 19.3 Å². The Kier molecular flexibility index (Phi) is 4.26. The fourth-order valence-corrected chi connectivity index (χ4v) is 2.26. The molecule has 7 heteroatoms. The molecule has 0 aliphatic carbocycles. The van der Waals surface area contributed by atoms with E-state index in [1.807, 2.05) is 0 Å². The maximum absolute atomic E-state index is 11.0. The van der Waals surface area contributed by atoms with Gasteiger partial charge in [-0.1, -0.05) is 12.2 Å². The van der Waals surface area contributed by atoms with Crippen LogP contribution in [0.5, 0.6) is 0 Å². The number of amides is 1. The Hall–Kier alpha value is -1.76. The molecule has 19 heavy (non-hydrogen) atoms. The third-order valence-corrected chi connectivity index (χ3v) is 3.33. The molecule has 0 spiro atoms. The van der Waals surface area contributed by atoms with E-state index in [2.05, 4.69) is 20.2 Å². The van der Waals surface area contributed by atoms with Crippen LogP contribution in [0.1, 0.15) is 25.5 Å². The number of carbonyl (C=O) groups excluding carboxylic acids is 1. The van der Waals surface area contributed by atoms with Gasteiger partial charge in [0.25, 0.3) is 0 Å². The van der Waals surface area contributed by atoms with Gasteiger partial charge in [-0.15, -0.1) is 0 Å². The smallest absolute Gasteiger partial charge is 0.217 e. The molecule has 2 heterocycles. The molecule has 1 fully saturated rings. The van der Waals surface area contributed by atoms with Gasteiger partial charge >= 0.3 is 0 Å². The first-order valence-electron chi connectivity index (χ1n) is 6.20. The number of thiocarbonyl (C=S) groups is 1. The van der Waals surface area contributed by atoms with Crippen molar-refractivity contribution in [3.05, 3.63) is 18.1 Å². The molecular formula is C12H17N5OS. The number of piperidine rings is 1. The van der Waals surface area contributed by atoms with E-state index < -0.39 is 0 Å². The van der Waals surface area contributed by atoms with Crippen molar-refractivity contribution in [1.82, 2.24) is 15.3 Å². The summed E-state index contributed by atoms with van der Waals surface area (Å²) in [6, 6.07) is 0.262. The van der Waals surface area contributed by atoms with Crippen LogP contribution in [0.15, 0.2) is 12.4 Å². The average molecular weight is 279 g/mol. The predicted octanol–water partition coefficient (Wildman–Crippen LogP) is 0.216. The third kappa shape index (κ3) is 3.60. The van der Waals surface area contributed by atoms with Crippen LogP contribution >= 0.6 is 12.2 Å². The monoisotopic (exact) mass is 279 g/mol. The van der Waals surface area contributed by atoms with Crippen molar-refractivity contribution in [2.45, 2.75) is 25.8 Å². The highest BCUT2D eigenvalue weighted by Gasteiger charge is 2.20. The van der Waals surface area contributed by atoms with E-state index in [0.29, 0.717) is 5.69 Å². The Morgan fingerprint density at radius 3 is 2.58 bits per heavy atom. The molecule has 0 atom stereocenters. The van der Waals surface area contributed by atoms with Crippen LogP contribution in [-0.4, -0.2) is 40.0 Å². The van der Waals surface area contributed by atoms with E-state index in [4.69, 9.17) is 18.0 Å².